The van der Waals surface area contributed by atoms with E-state index >= 15 is 0 Å². The Morgan fingerprint density at radius 2 is 1.96 bits per heavy atom. The second-order valence-electron chi connectivity index (χ2n) is 5.22. The van der Waals surface area contributed by atoms with Gasteiger partial charge >= 0.3 is 0 Å². The molecule has 1 aromatic heterocycles. The highest BCUT2D eigenvalue weighted by Crippen LogP contribution is 2.24. The predicted molar refractivity (Wildman–Crippen MR) is 99.6 cm³/mol. The lowest BCUT2D eigenvalue weighted by Crippen LogP contribution is -2.39. The first-order valence-electron chi connectivity index (χ1n) is 7.74. The number of hydrogen-bond acceptors (Lipinski definition) is 4. The number of nitrogens with one attached hydrogen (secondary N) is 2. The van der Waals surface area contributed by atoms with Gasteiger partial charge in [-0.15, -0.1) is 0 Å². The lowest BCUT2D eigenvalue weighted by atomic mass is 9.98. The van der Waals surface area contributed by atoms with Crippen LogP contribution in [-0.4, -0.2) is 23.5 Å². The SMILES string of the molecule is C=C/C=C(\C=C)C(NC(=O)CNC(=O)c1ccno1)c1ccc(Cl)cc1. The lowest BCUT2D eigenvalue weighted by Gasteiger charge is -2.21. The van der Waals surface area contributed by atoms with Gasteiger partial charge in [-0.2, -0.15) is 0 Å². The summed E-state index contributed by atoms with van der Waals surface area (Å²) in [5.74, 6) is -0.869. The zero-order valence-corrected chi connectivity index (χ0v) is 14.7. The molecule has 0 fully saturated rings. The molecule has 1 atom stereocenters. The Labute approximate surface area is 156 Å². The van der Waals surface area contributed by atoms with Crippen molar-refractivity contribution in [2.45, 2.75) is 6.04 Å². The summed E-state index contributed by atoms with van der Waals surface area (Å²) < 4.78 is 4.74. The van der Waals surface area contributed by atoms with E-state index in [9.17, 15) is 9.59 Å². The molecule has 26 heavy (non-hydrogen) atoms. The fourth-order valence-corrected chi connectivity index (χ4v) is 2.35. The van der Waals surface area contributed by atoms with Crippen molar-refractivity contribution in [2.75, 3.05) is 6.54 Å². The van der Waals surface area contributed by atoms with Crippen LogP contribution in [-0.2, 0) is 4.79 Å². The smallest absolute Gasteiger partial charge is 0.290 e. The molecule has 134 valence electrons. The molecule has 1 heterocycles. The monoisotopic (exact) mass is 371 g/mol. The molecule has 0 saturated heterocycles. The first kappa shape index (κ1) is 19.2. The molecule has 0 saturated carbocycles. The number of allylic oxidation sites excluding steroid dienone is 2. The average molecular weight is 372 g/mol. The zero-order valence-electron chi connectivity index (χ0n) is 13.9. The topological polar surface area (TPSA) is 84.2 Å². The predicted octanol–water partition coefficient (Wildman–Crippen LogP) is 3.21. The minimum Gasteiger partial charge on any atom is -0.351 e. The summed E-state index contributed by atoms with van der Waals surface area (Å²) >= 11 is 5.93. The zero-order chi connectivity index (χ0) is 18.9. The summed E-state index contributed by atoms with van der Waals surface area (Å²) in [6, 6.07) is 8.03. The minimum absolute atomic E-state index is 0.0328. The summed E-state index contributed by atoms with van der Waals surface area (Å²) in [6.45, 7) is 7.23. The molecule has 1 aromatic carbocycles. The molecule has 2 aromatic rings. The molecule has 2 N–H and O–H groups in total. The van der Waals surface area contributed by atoms with Crippen LogP contribution in [0.1, 0.15) is 22.2 Å². The van der Waals surface area contributed by atoms with Crippen molar-refractivity contribution in [1.29, 1.82) is 0 Å². The molecule has 2 rings (SSSR count). The van der Waals surface area contributed by atoms with Gasteiger partial charge < -0.3 is 15.2 Å². The van der Waals surface area contributed by atoms with Crippen LogP contribution in [0.2, 0.25) is 5.02 Å². The van der Waals surface area contributed by atoms with E-state index in [4.69, 9.17) is 16.1 Å². The number of aromatic nitrogens is 1. The largest absolute Gasteiger partial charge is 0.351 e. The van der Waals surface area contributed by atoms with Crippen LogP contribution >= 0.6 is 11.6 Å². The van der Waals surface area contributed by atoms with Gasteiger partial charge in [0.05, 0.1) is 18.8 Å². The highest BCUT2D eigenvalue weighted by molar-refractivity contribution is 6.30. The summed E-state index contributed by atoms with van der Waals surface area (Å²) in [7, 11) is 0. The maximum Gasteiger partial charge on any atom is 0.290 e. The van der Waals surface area contributed by atoms with E-state index in [0.29, 0.717) is 5.02 Å². The van der Waals surface area contributed by atoms with E-state index in [1.807, 2.05) is 0 Å². The number of carbonyl (C=O) groups excluding carboxylic acids is 2. The molecule has 0 spiro atoms. The van der Waals surface area contributed by atoms with Crippen molar-refractivity contribution in [2.24, 2.45) is 0 Å². The van der Waals surface area contributed by atoms with Crippen molar-refractivity contribution in [3.05, 3.63) is 89.8 Å². The number of nitrogens with zero attached hydrogens (tertiary/aromatic N) is 1. The normalized spacial score (nSPS) is 12.1. The summed E-state index contributed by atoms with van der Waals surface area (Å²) in [5, 5.41) is 9.36. The number of carbonyl (C=O) groups is 2. The molecule has 1 unspecified atom stereocenters. The van der Waals surface area contributed by atoms with E-state index in [1.165, 1.54) is 12.3 Å². The Morgan fingerprint density at radius 3 is 2.54 bits per heavy atom. The quantitative estimate of drug-likeness (QED) is 0.698. The minimum atomic E-state index is -0.522. The maximum atomic E-state index is 12.3. The summed E-state index contributed by atoms with van der Waals surface area (Å²) in [5.41, 5.74) is 1.56. The van der Waals surface area contributed by atoms with Crippen LogP contribution in [0.3, 0.4) is 0 Å². The van der Waals surface area contributed by atoms with Crippen LogP contribution in [0.4, 0.5) is 0 Å². The van der Waals surface area contributed by atoms with Gasteiger partial charge in [-0.05, 0) is 23.3 Å². The van der Waals surface area contributed by atoms with Crippen molar-refractivity contribution in [3.63, 3.8) is 0 Å². The summed E-state index contributed by atoms with van der Waals surface area (Å²) in [4.78, 5) is 24.1. The van der Waals surface area contributed by atoms with E-state index in [1.54, 1.807) is 42.5 Å². The molecule has 0 aliphatic rings. The fourth-order valence-electron chi connectivity index (χ4n) is 2.23. The van der Waals surface area contributed by atoms with Gasteiger partial charge in [0.1, 0.15) is 0 Å². The van der Waals surface area contributed by atoms with Crippen molar-refractivity contribution >= 4 is 23.4 Å². The number of halogens is 1. The Hall–Kier alpha value is -3.12. The fraction of sp³-hybridized carbons (Fsp3) is 0.105. The third-order valence-electron chi connectivity index (χ3n) is 3.46. The maximum absolute atomic E-state index is 12.3. The summed E-state index contributed by atoms with van der Waals surface area (Å²) in [6.07, 6.45) is 6.34. The number of amides is 2. The van der Waals surface area contributed by atoms with Crippen LogP contribution in [0.5, 0.6) is 0 Å². The van der Waals surface area contributed by atoms with Gasteiger partial charge in [-0.1, -0.05) is 60.3 Å². The van der Waals surface area contributed by atoms with Gasteiger partial charge in [-0.3, -0.25) is 9.59 Å². The molecular formula is C19H18ClN3O3. The number of hydrogen-bond donors (Lipinski definition) is 2. The highest BCUT2D eigenvalue weighted by Gasteiger charge is 2.18. The molecule has 7 heteroatoms. The van der Waals surface area contributed by atoms with Gasteiger partial charge in [0.25, 0.3) is 5.91 Å². The average Bonchev–Trinajstić information content (AvgIpc) is 3.18. The van der Waals surface area contributed by atoms with Gasteiger partial charge in [-0.25, -0.2) is 0 Å². The molecule has 2 amide bonds. The Kier molecular flexibility index (Phi) is 6.93. The highest BCUT2D eigenvalue weighted by atomic mass is 35.5. The van der Waals surface area contributed by atoms with E-state index in [2.05, 4.69) is 28.9 Å². The van der Waals surface area contributed by atoms with Crippen molar-refractivity contribution in [3.8, 4) is 0 Å². The lowest BCUT2D eigenvalue weighted by molar-refractivity contribution is -0.120. The molecule has 0 aliphatic heterocycles. The van der Waals surface area contributed by atoms with Crippen LogP contribution in [0.25, 0.3) is 0 Å². The molecule has 0 bridgehead atoms. The standard InChI is InChI=1S/C19H18ClN3O3/c1-3-5-13(4-2)18(14-6-8-15(20)9-7-14)23-17(24)12-21-19(25)16-10-11-22-26-16/h3-11,18H,1-2,12H2,(H,21,25)(H,23,24)/b13-5+. The first-order valence-corrected chi connectivity index (χ1v) is 8.11. The van der Waals surface area contributed by atoms with Crippen LogP contribution < -0.4 is 10.6 Å². The molecule has 6 nitrogen and oxygen atoms in total. The van der Waals surface area contributed by atoms with Gasteiger partial charge in [0.15, 0.2) is 0 Å². The van der Waals surface area contributed by atoms with Crippen LogP contribution in [0.15, 0.2) is 78.0 Å². The third kappa shape index (κ3) is 5.19. The molecule has 0 radical (unpaired) electrons. The second-order valence-corrected chi connectivity index (χ2v) is 5.65. The van der Waals surface area contributed by atoms with E-state index < -0.39 is 11.9 Å². The first-order chi connectivity index (χ1) is 12.5. The second kappa shape index (κ2) is 9.39. The number of benzene rings is 1. The Morgan fingerprint density at radius 1 is 1.23 bits per heavy atom. The van der Waals surface area contributed by atoms with E-state index in [0.717, 1.165) is 11.1 Å². The Bertz CT molecular complexity index is 811. The number of rotatable bonds is 8. The molecule has 0 aliphatic carbocycles. The van der Waals surface area contributed by atoms with Crippen molar-refractivity contribution in [1.82, 2.24) is 15.8 Å². The Balaban J connectivity index is 2.10. The van der Waals surface area contributed by atoms with Gasteiger partial charge in [0.2, 0.25) is 11.7 Å². The van der Waals surface area contributed by atoms with Gasteiger partial charge in [0, 0.05) is 11.1 Å². The molecular weight excluding hydrogens is 354 g/mol. The van der Waals surface area contributed by atoms with E-state index in [-0.39, 0.29) is 18.2 Å². The van der Waals surface area contributed by atoms with Crippen LogP contribution in [0, 0.1) is 0 Å². The third-order valence-corrected chi connectivity index (χ3v) is 3.71. The van der Waals surface area contributed by atoms with Crippen molar-refractivity contribution < 1.29 is 14.1 Å².